The standard InChI is InChI=1S/C16H24ClN5O4/c1-2-19-15-11(14(18)21-8-4-3-5-9(8)23)20-7-22(15)16-13(25)12(24)10(6-17)26-16/h2,7-10,12-13,16,21,23-25H,1,3-6,18H2/b14-11-,19-15+/t8?,9?,10-,12-,13-,16-/m1/s1. The van der Waals surface area contributed by atoms with Gasteiger partial charge in [-0.15, -0.1) is 11.6 Å². The van der Waals surface area contributed by atoms with Gasteiger partial charge in [0.15, 0.2) is 12.1 Å². The summed E-state index contributed by atoms with van der Waals surface area (Å²) >= 11 is 5.77. The molecule has 6 N–H and O–H groups in total. The Morgan fingerprint density at radius 3 is 2.81 bits per heavy atom. The van der Waals surface area contributed by atoms with Crippen LogP contribution >= 0.6 is 11.6 Å². The van der Waals surface area contributed by atoms with Crippen LogP contribution in [0.4, 0.5) is 0 Å². The first-order valence-electron chi connectivity index (χ1n) is 8.51. The van der Waals surface area contributed by atoms with E-state index in [1.54, 1.807) is 0 Å². The maximum absolute atomic E-state index is 10.3. The number of ether oxygens (including phenoxy) is 1. The molecule has 2 heterocycles. The Kier molecular flexibility index (Phi) is 5.83. The second-order valence-electron chi connectivity index (χ2n) is 6.50. The maximum Gasteiger partial charge on any atom is 0.165 e. The smallest absolute Gasteiger partial charge is 0.165 e. The fourth-order valence-corrected chi connectivity index (χ4v) is 3.66. The van der Waals surface area contributed by atoms with Crippen molar-refractivity contribution >= 4 is 23.8 Å². The molecule has 2 aliphatic heterocycles. The third-order valence-corrected chi connectivity index (χ3v) is 5.12. The average molecular weight is 386 g/mol. The van der Waals surface area contributed by atoms with Crippen LogP contribution in [0.5, 0.6) is 0 Å². The molecule has 10 heteroatoms. The number of hydrogen-bond acceptors (Lipinski definition) is 8. The first kappa shape index (κ1) is 19.1. The van der Waals surface area contributed by atoms with Crippen LogP contribution in [0.15, 0.2) is 34.3 Å². The number of aliphatic hydroxyl groups is 3. The molecule has 0 radical (unpaired) electrons. The summed E-state index contributed by atoms with van der Waals surface area (Å²) in [6.45, 7) is 3.59. The van der Waals surface area contributed by atoms with Gasteiger partial charge in [0.25, 0.3) is 0 Å². The lowest BCUT2D eigenvalue weighted by atomic mass is 10.1. The lowest BCUT2D eigenvalue weighted by molar-refractivity contribution is -0.0295. The number of amidine groups is 1. The zero-order valence-electron chi connectivity index (χ0n) is 14.2. The largest absolute Gasteiger partial charge is 0.391 e. The Morgan fingerprint density at radius 1 is 1.46 bits per heavy atom. The van der Waals surface area contributed by atoms with E-state index in [0.717, 1.165) is 19.3 Å². The van der Waals surface area contributed by atoms with Gasteiger partial charge in [-0.25, -0.2) is 9.98 Å². The van der Waals surface area contributed by atoms with Gasteiger partial charge in [0.1, 0.15) is 29.8 Å². The highest BCUT2D eigenvalue weighted by Crippen LogP contribution is 2.28. The monoisotopic (exact) mass is 385 g/mol. The van der Waals surface area contributed by atoms with Gasteiger partial charge in [-0.05, 0) is 19.3 Å². The summed E-state index contributed by atoms with van der Waals surface area (Å²) in [6, 6.07) is -0.146. The van der Waals surface area contributed by atoms with E-state index in [2.05, 4.69) is 21.9 Å². The van der Waals surface area contributed by atoms with Crippen LogP contribution in [0.3, 0.4) is 0 Å². The van der Waals surface area contributed by atoms with E-state index >= 15 is 0 Å². The summed E-state index contributed by atoms with van der Waals surface area (Å²) in [5.74, 6) is 0.626. The molecule has 0 aromatic rings. The van der Waals surface area contributed by atoms with Crippen LogP contribution in [0.2, 0.25) is 0 Å². The number of nitrogens with two attached hydrogens (primary N) is 1. The normalized spacial score (nSPS) is 40.5. The molecule has 0 spiro atoms. The van der Waals surface area contributed by atoms with E-state index in [9.17, 15) is 15.3 Å². The number of hydrogen-bond donors (Lipinski definition) is 5. The molecule has 6 atom stereocenters. The van der Waals surface area contributed by atoms with Gasteiger partial charge in [0, 0.05) is 6.20 Å². The van der Waals surface area contributed by atoms with Crippen LogP contribution in [0.1, 0.15) is 19.3 Å². The lowest BCUT2D eigenvalue weighted by Crippen LogP contribution is -2.45. The van der Waals surface area contributed by atoms with Crippen LogP contribution in [-0.4, -0.2) is 75.0 Å². The molecule has 9 nitrogen and oxygen atoms in total. The summed E-state index contributed by atoms with van der Waals surface area (Å²) in [4.78, 5) is 9.94. The summed E-state index contributed by atoms with van der Waals surface area (Å²) < 4.78 is 5.64. The van der Waals surface area contributed by atoms with E-state index < -0.39 is 30.6 Å². The van der Waals surface area contributed by atoms with Gasteiger partial charge in [-0.1, -0.05) is 6.58 Å². The summed E-state index contributed by atoms with van der Waals surface area (Å²) in [7, 11) is 0. The predicted octanol–water partition coefficient (Wildman–Crippen LogP) is -0.811. The van der Waals surface area contributed by atoms with Gasteiger partial charge >= 0.3 is 0 Å². The number of rotatable bonds is 5. The van der Waals surface area contributed by atoms with E-state index in [1.807, 2.05) is 0 Å². The fourth-order valence-electron chi connectivity index (χ4n) is 3.41. The Morgan fingerprint density at radius 2 is 2.23 bits per heavy atom. The fraction of sp³-hybridized carbons (Fsp3) is 0.625. The third kappa shape index (κ3) is 3.45. The Bertz CT molecular complexity index is 640. The second kappa shape index (κ2) is 7.93. The van der Waals surface area contributed by atoms with Crippen molar-refractivity contribution in [3.63, 3.8) is 0 Å². The second-order valence-corrected chi connectivity index (χ2v) is 6.81. The molecule has 0 bridgehead atoms. The van der Waals surface area contributed by atoms with Crippen molar-refractivity contribution in [1.82, 2.24) is 10.2 Å². The molecular weight excluding hydrogens is 362 g/mol. The van der Waals surface area contributed by atoms with Crippen molar-refractivity contribution in [2.45, 2.75) is 55.9 Å². The van der Waals surface area contributed by atoms with Crippen LogP contribution in [0, 0.1) is 0 Å². The van der Waals surface area contributed by atoms with E-state index in [4.69, 9.17) is 22.1 Å². The van der Waals surface area contributed by atoms with Crippen molar-refractivity contribution in [2.24, 2.45) is 15.7 Å². The lowest BCUT2D eigenvalue weighted by Gasteiger charge is -2.26. The van der Waals surface area contributed by atoms with Gasteiger partial charge < -0.3 is 31.1 Å². The van der Waals surface area contributed by atoms with Gasteiger partial charge in [0.2, 0.25) is 0 Å². The molecule has 1 saturated carbocycles. The molecule has 1 aliphatic carbocycles. The van der Waals surface area contributed by atoms with Crippen LogP contribution in [0.25, 0.3) is 0 Å². The van der Waals surface area contributed by atoms with Crippen molar-refractivity contribution in [2.75, 3.05) is 5.88 Å². The van der Waals surface area contributed by atoms with Crippen LogP contribution < -0.4 is 11.1 Å². The molecule has 2 fully saturated rings. The highest BCUT2D eigenvalue weighted by molar-refractivity contribution is 6.18. The molecule has 0 aromatic heterocycles. The SMILES string of the molecule is C=C/N=C1\C(=C(/N)NC2CCCC2O)N=CN1[C@@H]1O[C@H](CCl)[C@@H](O)[C@H]1O. The van der Waals surface area contributed by atoms with Crippen LogP contribution in [-0.2, 0) is 4.74 Å². The van der Waals surface area contributed by atoms with E-state index in [-0.39, 0.29) is 17.7 Å². The number of nitrogens with one attached hydrogen (secondary N) is 1. The summed E-state index contributed by atoms with van der Waals surface area (Å²) in [5.41, 5.74) is 6.50. The topological polar surface area (TPSA) is 136 Å². The highest BCUT2D eigenvalue weighted by Gasteiger charge is 2.47. The average Bonchev–Trinajstić information content (AvgIpc) is 3.29. The van der Waals surface area contributed by atoms with Crippen molar-refractivity contribution in [3.05, 3.63) is 24.3 Å². The minimum atomic E-state index is -1.19. The predicted molar refractivity (Wildman–Crippen MR) is 97.4 cm³/mol. The molecule has 3 aliphatic rings. The maximum atomic E-state index is 10.3. The summed E-state index contributed by atoms with van der Waals surface area (Å²) in [6.07, 6.45) is 0.831. The molecule has 0 aromatic carbocycles. The molecular formula is C16H24ClN5O4. The first-order valence-corrected chi connectivity index (χ1v) is 9.05. The number of halogens is 1. The Labute approximate surface area is 156 Å². The number of aliphatic hydroxyl groups excluding tert-OH is 3. The van der Waals surface area contributed by atoms with Crippen molar-refractivity contribution in [3.8, 4) is 0 Å². The molecule has 3 rings (SSSR count). The van der Waals surface area contributed by atoms with Gasteiger partial charge in [-0.3, -0.25) is 4.90 Å². The minimum Gasteiger partial charge on any atom is -0.391 e. The van der Waals surface area contributed by atoms with E-state index in [0.29, 0.717) is 11.5 Å². The molecule has 144 valence electrons. The van der Waals surface area contributed by atoms with Crippen molar-refractivity contribution < 1.29 is 20.1 Å². The molecule has 0 amide bonds. The Balaban J connectivity index is 1.82. The Hall–Kier alpha value is -1.65. The zero-order valence-corrected chi connectivity index (χ0v) is 15.0. The minimum absolute atomic E-state index is 0.0413. The molecule has 2 unspecified atom stereocenters. The molecule has 26 heavy (non-hydrogen) atoms. The number of alkyl halides is 1. The number of aliphatic imine (C=N–C) groups is 2. The van der Waals surface area contributed by atoms with E-state index in [1.165, 1.54) is 17.4 Å². The summed E-state index contributed by atoms with van der Waals surface area (Å²) in [5, 5.41) is 33.4. The molecule has 1 saturated heterocycles. The van der Waals surface area contributed by atoms with Gasteiger partial charge in [-0.2, -0.15) is 0 Å². The zero-order chi connectivity index (χ0) is 18.8. The van der Waals surface area contributed by atoms with Gasteiger partial charge in [0.05, 0.1) is 24.4 Å². The highest BCUT2D eigenvalue weighted by atomic mass is 35.5. The van der Waals surface area contributed by atoms with Crippen molar-refractivity contribution in [1.29, 1.82) is 0 Å². The third-order valence-electron chi connectivity index (χ3n) is 4.82. The quantitative estimate of drug-likeness (QED) is 0.390. The first-order chi connectivity index (χ1) is 12.5. The number of nitrogens with zero attached hydrogens (tertiary/aromatic N) is 3.